The summed E-state index contributed by atoms with van der Waals surface area (Å²) < 4.78 is 5.42. The third-order valence-electron chi connectivity index (χ3n) is 3.87. The summed E-state index contributed by atoms with van der Waals surface area (Å²) >= 11 is 5.41. The Labute approximate surface area is 150 Å². The van der Waals surface area contributed by atoms with Crippen molar-refractivity contribution >= 4 is 44.8 Å². The molecule has 0 aliphatic carbocycles. The van der Waals surface area contributed by atoms with Crippen molar-refractivity contribution in [2.24, 2.45) is 0 Å². The van der Waals surface area contributed by atoms with Gasteiger partial charge < -0.3 is 4.42 Å². The van der Waals surface area contributed by atoms with Gasteiger partial charge in [-0.2, -0.15) is 0 Å². The summed E-state index contributed by atoms with van der Waals surface area (Å²) in [5, 5.41) is 4.78. The number of fused-ring (bicyclic) bond motifs is 1. The van der Waals surface area contributed by atoms with Gasteiger partial charge >= 0.3 is 0 Å². The Kier molecular flexibility index (Phi) is 3.36. The van der Waals surface area contributed by atoms with E-state index in [0.29, 0.717) is 0 Å². The molecule has 5 rings (SSSR count). The first-order valence-corrected chi connectivity index (χ1v) is 9.96. The van der Waals surface area contributed by atoms with Crippen molar-refractivity contribution in [3.63, 3.8) is 0 Å². The minimum absolute atomic E-state index is 0.825. The van der Waals surface area contributed by atoms with Gasteiger partial charge in [0.05, 0.1) is 20.8 Å². The fraction of sp³-hybridized carbons (Fsp3) is 0. The van der Waals surface area contributed by atoms with Gasteiger partial charge in [0.25, 0.3) is 0 Å². The highest BCUT2D eigenvalue weighted by Gasteiger charge is 2.16. The van der Waals surface area contributed by atoms with Crippen LogP contribution in [0.25, 0.3) is 40.9 Å². The van der Waals surface area contributed by atoms with E-state index in [0.717, 1.165) is 10.6 Å². The minimum atomic E-state index is 0.825. The maximum atomic E-state index is 5.42. The Bertz CT molecular complexity index is 1100. The van der Waals surface area contributed by atoms with E-state index in [1.807, 2.05) is 11.3 Å². The van der Waals surface area contributed by atoms with E-state index in [2.05, 4.69) is 58.9 Å². The zero-order chi connectivity index (χ0) is 15.9. The largest absolute Gasteiger partial charge is 0.443 e. The molecule has 0 unspecified atom stereocenters. The van der Waals surface area contributed by atoms with Crippen LogP contribution < -0.4 is 0 Å². The summed E-state index contributed by atoms with van der Waals surface area (Å²) in [6, 6.07) is 17.3. The number of hydrogen-bond acceptors (Lipinski definition) is 5. The first-order valence-electron chi connectivity index (χ1n) is 7.44. The lowest BCUT2D eigenvalue weighted by molar-refractivity contribution is 0.573. The molecule has 5 aromatic rings. The lowest BCUT2D eigenvalue weighted by Gasteiger charge is -1.94. The topological polar surface area (TPSA) is 26.0 Å². The molecular formula is C19H11NOS3. The van der Waals surface area contributed by atoms with Gasteiger partial charge in [-0.25, -0.2) is 4.98 Å². The number of rotatable bonds is 3. The Morgan fingerprint density at radius 2 is 1.54 bits per heavy atom. The highest BCUT2D eigenvalue weighted by molar-refractivity contribution is 7.28. The average molecular weight is 366 g/mol. The Morgan fingerprint density at radius 3 is 2.25 bits per heavy atom. The second kappa shape index (κ2) is 5.70. The van der Waals surface area contributed by atoms with Crippen LogP contribution in [0.2, 0.25) is 0 Å². The molecule has 0 spiro atoms. The predicted molar refractivity (Wildman–Crippen MR) is 104 cm³/mol. The molecule has 0 amide bonds. The van der Waals surface area contributed by atoms with E-state index < -0.39 is 0 Å². The summed E-state index contributed by atoms with van der Waals surface area (Å²) in [4.78, 5) is 10.4. The summed E-state index contributed by atoms with van der Waals surface area (Å²) in [5.41, 5.74) is 0. The van der Waals surface area contributed by atoms with Gasteiger partial charge in [0.15, 0.2) is 12.2 Å². The zero-order valence-corrected chi connectivity index (χ0v) is 14.9. The molecule has 2 nitrogen and oxygen atoms in total. The van der Waals surface area contributed by atoms with E-state index >= 15 is 0 Å². The molecule has 0 saturated carbocycles. The molecule has 5 heteroatoms. The molecule has 4 aromatic heterocycles. The van der Waals surface area contributed by atoms with Crippen LogP contribution in [0, 0.1) is 0 Å². The van der Waals surface area contributed by atoms with Gasteiger partial charge in [0, 0.05) is 20.5 Å². The quantitative estimate of drug-likeness (QED) is 0.343. The predicted octanol–water partition coefficient (Wildman–Crippen LogP) is 7.01. The van der Waals surface area contributed by atoms with Gasteiger partial charge in [-0.3, -0.25) is 0 Å². The molecule has 0 atom stereocenters. The molecule has 0 N–H and O–H groups in total. The second-order valence-electron chi connectivity index (χ2n) is 5.31. The van der Waals surface area contributed by atoms with Gasteiger partial charge in [-0.1, -0.05) is 30.3 Å². The van der Waals surface area contributed by atoms with Crippen molar-refractivity contribution < 1.29 is 4.42 Å². The first kappa shape index (κ1) is 14.2. The maximum Gasteiger partial charge on any atom is 0.181 e. The molecule has 4 heterocycles. The molecular weight excluding hydrogens is 354 g/mol. The average Bonchev–Trinajstić information content (AvgIpc) is 3.40. The van der Waals surface area contributed by atoms with Gasteiger partial charge in [0.2, 0.25) is 0 Å². The van der Waals surface area contributed by atoms with Crippen LogP contribution in [0.3, 0.4) is 0 Å². The summed E-state index contributed by atoms with van der Waals surface area (Å²) in [7, 11) is 0. The first-order chi connectivity index (χ1) is 11.9. The van der Waals surface area contributed by atoms with Crippen molar-refractivity contribution in [2.75, 3.05) is 0 Å². The number of thiophene rings is 3. The van der Waals surface area contributed by atoms with Crippen LogP contribution in [-0.4, -0.2) is 4.98 Å². The number of aromatic nitrogens is 1. The van der Waals surface area contributed by atoms with Crippen LogP contribution in [0.5, 0.6) is 0 Å². The highest BCUT2D eigenvalue weighted by atomic mass is 32.1. The zero-order valence-electron chi connectivity index (χ0n) is 12.4. The van der Waals surface area contributed by atoms with Crippen LogP contribution >= 0.6 is 34.0 Å². The number of oxazole rings is 1. The molecule has 24 heavy (non-hydrogen) atoms. The van der Waals surface area contributed by atoms with Crippen molar-refractivity contribution in [3.8, 4) is 30.1 Å². The van der Waals surface area contributed by atoms with Gasteiger partial charge in [-0.15, -0.1) is 34.0 Å². The van der Waals surface area contributed by atoms with E-state index in [1.54, 1.807) is 28.9 Å². The molecule has 0 radical (unpaired) electrons. The Balaban J connectivity index is 1.70. The van der Waals surface area contributed by atoms with E-state index in [-0.39, 0.29) is 0 Å². The minimum Gasteiger partial charge on any atom is -0.443 e. The van der Waals surface area contributed by atoms with Crippen molar-refractivity contribution in [2.45, 2.75) is 0 Å². The number of nitrogens with zero attached hydrogens (tertiary/aromatic N) is 1. The third-order valence-corrected chi connectivity index (χ3v) is 7.42. The van der Waals surface area contributed by atoms with E-state index in [9.17, 15) is 0 Å². The smallest absolute Gasteiger partial charge is 0.181 e. The second-order valence-corrected chi connectivity index (χ2v) is 8.36. The summed E-state index contributed by atoms with van der Waals surface area (Å²) in [6.45, 7) is 0. The third kappa shape index (κ3) is 2.24. The molecule has 0 bridgehead atoms. The lowest BCUT2D eigenvalue weighted by Crippen LogP contribution is -1.68. The molecule has 0 aliphatic heterocycles. The maximum absolute atomic E-state index is 5.42. The van der Waals surface area contributed by atoms with Crippen LogP contribution in [-0.2, 0) is 0 Å². The number of hydrogen-bond donors (Lipinski definition) is 0. The Morgan fingerprint density at radius 1 is 0.750 bits per heavy atom. The van der Waals surface area contributed by atoms with Crippen molar-refractivity contribution in [3.05, 3.63) is 66.5 Å². The summed E-state index contributed by atoms with van der Waals surface area (Å²) in [6.07, 6.45) is 3.24. The van der Waals surface area contributed by atoms with E-state index in [4.69, 9.17) is 4.42 Å². The standard InChI is InChI=1S/C19H11NOS3/c1-2-5-13-12(4-1)18(16-6-3-9-22-16)24-19(13)17-8-7-15(23-17)14-10-20-11-21-14/h1-11H. The monoisotopic (exact) mass is 365 g/mol. The van der Waals surface area contributed by atoms with Crippen molar-refractivity contribution in [1.29, 1.82) is 0 Å². The molecule has 0 aliphatic rings. The van der Waals surface area contributed by atoms with Crippen LogP contribution in [0.15, 0.2) is 70.9 Å². The van der Waals surface area contributed by atoms with E-state index in [1.165, 1.54) is 36.7 Å². The fourth-order valence-electron chi connectivity index (χ4n) is 2.79. The number of benzene rings is 1. The lowest BCUT2D eigenvalue weighted by atomic mass is 10.1. The summed E-state index contributed by atoms with van der Waals surface area (Å²) in [5.74, 6) is 0.825. The molecule has 116 valence electrons. The van der Waals surface area contributed by atoms with Crippen LogP contribution in [0.1, 0.15) is 0 Å². The molecule has 0 saturated heterocycles. The molecule has 0 fully saturated rings. The highest BCUT2D eigenvalue weighted by Crippen LogP contribution is 2.47. The van der Waals surface area contributed by atoms with Crippen LogP contribution in [0.4, 0.5) is 0 Å². The van der Waals surface area contributed by atoms with Gasteiger partial charge in [0.1, 0.15) is 0 Å². The van der Waals surface area contributed by atoms with Gasteiger partial charge in [-0.05, 0) is 23.6 Å². The molecule has 1 aromatic carbocycles. The SMILES string of the molecule is c1csc(-c2sc(-c3ccc(-c4cnco4)s3)c3ccccc23)c1. The normalized spacial score (nSPS) is 11.3. The fourth-order valence-corrected chi connectivity index (χ4v) is 6.02. The Hall–Kier alpha value is -2.21. The van der Waals surface area contributed by atoms with Crippen molar-refractivity contribution in [1.82, 2.24) is 4.98 Å².